The van der Waals surface area contributed by atoms with Crippen molar-refractivity contribution in [2.75, 3.05) is 30.5 Å². The summed E-state index contributed by atoms with van der Waals surface area (Å²) >= 11 is 0. The minimum absolute atomic E-state index is 0.209. The van der Waals surface area contributed by atoms with Gasteiger partial charge in [-0.05, 0) is 31.6 Å². The van der Waals surface area contributed by atoms with Gasteiger partial charge in [0.15, 0.2) is 11.5 Å². The van der Waals surface area contributed by atoms with Gasteiger partial charge in [0.05, 0.1) is 6.20 Å². The van der Waals surface area contributed by atoms with E-state index < -0.39 is 5.91 Å². The van der Waals surface area contributed by atoms with Crippen molar-refractivity contribution in [3.63, 3.8) is 0 Å². The molecule has 1 aliphatic heterocycles. The highest BCUT2D eigenvalue weighted by Crippen LogP contribution is 2.30. The van der Waals surface area contributed by atoms with Crippen LogP contribution in [0.2, 0.25) is 0 Å². The Morgan fingerprint density at radius 3 is 2.52 bits per heavy atom. The van der Waals surface area contributed by atoms with Gasteiger partial charge in [-0.15, -0.1) is 0 Å². The molecule has 2 heterocycles. The normalized spacial score (nSPS) is 23.1. The number of nitrogens with two attached hydrogens (primary N) is 1. The third-order valence-corrected chi connectivity index (χ3v) is 5.48. The predicted molar refractivity (Wildman–Crippen MR) is 109 cm³/mol. The van der Waals surface area contributed by atoms with E-state index in [0.717, 1.165) is 31.9 Å². The molecule has 0 bridgehead atoms. The molecule has 3 rings (SSSR count). The second-order valence-electron chi connectivity index (χ2n) is 7.26. The van der Waals surface area contributed by atoms with E-state index in [1.807, 2.05) is 13.8 Å². The van der Waals surface area contributed by atoms with Crippen LogP contribution < -0.4 is 16.0 Å². The maximum absolute atomic E-state index is 11.7. The number of rotatable bonds is 5. The van der Waals surface area contributed by atoms with Gasteiger partial charge in [-0.2, -0.15) is 0 Å². The lowest BCUT2D eigenvalue weighted by molar-refractivity contribution is 0.0903. The van der Waals surface area contributed by atoms with Gasteiger partial charge in [-0.25, -0.2) is 9.97 Å². The lowest BCUT2D eigenvalue weighted by atomic mass is 9.85. The van der Waals surface area contributed by atoms with Crippen LogP contribution in [-0.4, -0.2) is 48.2 Å². The van der Waals surface area contributed by atoms with Gasteiger partial charge in [-0.1, -0.05) is 33.6 Å². The zero-order valence-electron chi connectivity index (χ0n) is 17.2. The highest BCUT2D eigenvalue weighted by molar-refractivity contribution is 5.95. The van der Waals surface area contributed by atoms with Gasteiger partial charge in [0, 0.05) is 32.3 Å². The number of nitrogens with one attached hydrogen (secondary N) is 1. The van der Waals surface area contributed by atoms with Crippen molar-refractivity contribution in [2.24, 2.45) is 11.7 Å². The number of hydrogen-bond acceptors (Lipinski definition) is 6. The highest BCUT2D eigenvalue weighted by Gasteiger charge is 2.27. The molecular formula is C20H35N5O2. The number of nitrogens with zero attached hydrogens (tertiary/aromatic N) is 3. The second kappa shape index (κ2) is 10.4. The van der Waals surface area contributed by atoms with Crippen LogP contribution in [0.1, 0.15) is 69.8 Å². The zero-order valence-corrected chi connectivity index (χ0v) is 17.2. The maximum Gasteiger partial charge on any atom is 0.271 e. The topological polar surface area (TPSA) is 93.4 Å². The summed E-state index contributed by atoms with van der Waals surface area (Å²) in [6.07, 6.45) is 8.40. The Morgan fingerprint density at radius 1 is 1.22 bits per heavy atom. The van der Waals surface area contributed by atoms with Gasteiger partial charge in [0.2, 0.25) is 0 Å². The molecular weight excluding hydrogens is 342 g/mol. The molecule has 1 aliphatic carbocycles. The van der Waals surface area contributed by atoms with E-state index in [1.165, 1.54) is 25.7 Å². The molecule has 1 aromatic rings. The molecule has 2 aliphatic rings. The third kappa shape index (κ3) is 5.54. The molecule has 152 valence electrons. The zero-order chi connectivity index (χ0) is 19.8. The standard InChI is InChI=1S/C18H29N5O2.C2H6/c1-12-5-3-4-6-14(12)23(2)15-11-20-16(17(19)24)18(22-15)21-13-7-9-25-10-8-13;1-2/h11-14H,3-10H2,1-2H3,(H2,19,24)(H,21,22);1-2H3. The van der Waals surface area contributed by atoms with Crippen LogP contribution in [0.3, 0.4) is 0 Å². The van der Waals surface area contributed by atoms with E-state index in [1.54, 1.807) is 6.20 Å². The first-order valence-electron chi connectivity index (χ1n) is 10.3. The molecule has 7 nitrogen and oxygen atoms in total. The van der Waals surface area contributed by atoms with Gasteiger partial charge in [0.25, 0.3) is 5.91 Å². The summed E-state index contributed by atoms with van der Waals surface area (Å²) in [5, 5.41) is 3.36. The summed E-state index contributed by atoms with van der Waals surface area (Å²) in [4.78, 5) is 23.0. The average Bonchev–Trinajstić information content (AvgIpc) is 2.70. The van der Waals surface area contributed by atoms with Crippen LogP contribution in [-0.2, 0) is 4.74 Å². The smallest absolute Gasteiger partial charge is 0.271 e. The molecule has 27 heavy (non-hydrogen) atoms. The Bertz CT molecular complexity index is 604. The minimum Gasteiger partial charge on any atom is -0.381 e. The van der Waals surface area contributed by atoms with Crippen LogP contribution in [0.4, 0.5) is 11.6 Å². The quantitative estimate of drug-likeness (QED) is 0.818. The summed E-state index contributed by atoms with van der Waals surface area (Å²) in [6, 6.07) is 0.689. The number of aromatic nitrogens is 2. The number of ether oxygens (including phenoxy) is 1. The fourth-order valence-electron chi connectivity index (χ4n) is 3.91. The summed E-state index contributed by atoms with van der Waals surface area (Å²) in [5.74, 6) is 1.36. The van der Waals surface area contributed by atoms with Crippen LogP contribution in [0.5, 0.6) is 0 Å². The number of anilines is 2. The first-order chi connectivity index (χ1) is 13.1. The molecule has 0 spiro atoms. The Hall–Kier alpha value is -1.89. The van der Waals surface area contributed by atoms with Crippen LogP contribution >= 0.6 is 0 Å². The van der Waals surface area contributed by atoms with Crippen molar-refractivity contribution < 1.29 is 9.53 Å². The lowest BCUT2D eigenvalue weighted by Gasteiger charge is -2.37. The first-order valence-corrected chi connectivity index (χ1v) is 10.3. The third-order valence-electron chi connectivity index (χ3n) is 5.48. The Balaban J connectivity index is 0.00000126. The number of hydrogen-bond donors (Lipinski definition) is 2. The van der Waals surface area contributed by atoms with Gasteiger partial charge in [0.1, 0.15) is 5.82 Å². The van der Waals surface area contributed by atoms with Crippen LogP contribution in [0, 0.1) is 5.92 Å². The number of carbonyl (C=O) groups is 1. The first kappa shape index (κ1) is 21.4. The van der Waals surface area contributed by atoms with Crippen molar-refractivity contribution >= 4 is 17.5 Å². The Kier molecular flexibility index (Phi) is 8.28. The molecule has 0 radical (unpaired) electrons. The van der Waals surface area contributed by atoms with Crippen LogP contribution in [0.25, 0.3) is 0 Å². The molecule has 1 saturated carbocycles. The van der Waals surface area contributed by atoms with E-state index in [-0.39, 0.29) is 11.7 Å². The average molecular weight is 378 g/mol. The Morgan fingerprint density at radius 2 is 1.89 bits per heavy atom. The van der Waals surface area contributed by atoms with Crippen molar-refractivity contribution in [2.45, 2.75) is 71.4 Å². The maximum atomic E-state index is 11.7. The van der Waals surface area contributed by atoms with E-state index >= 15 is 0 Å². The SMILES string of the molecule is CC.CC1CCCCC1N(C)c1cnc(C(N)=O)c(NC2CCOCC2)n1. The lowest BCUT2D eigenvalue weighted by Crippen LogP contribution is -2.40. The van der Waals surface area contributed by atoms with Crippen molar-refractivity contribution in [3.8, 4) is 0 Å². The molecule has 0 aromatic carbocycles. The summed E-state index contributed by atoms with van der Waals surface area (Å²) < 4.78 is 5.39. The largest absolute Gasteiger partial charge is 0.381 e. The minimum atomic E-state index is -0.553. The molecule has 2 atom stereocenters. The van der Waals surface area contributed by atoms with E-state index in [0.29, 0.717) is 17.8 Å². The molecule has 2 fully saturated rings. The summed E-state index contributed by atoms with van der Waals surface area (Å²) in [5.41, 5.74) is 5.70. The van der Waals surface area contributed by atoms with E-state index in [4.69, 9.17) is 15.5 Å². The molecule has 1 saturated heterocycles. The summed E-state index contributed by atoms with van der Waals surface area (Å²) in [6.45, 7) is 7.74. The molecule has 3 N–H and O–H groups in total. The molecule has 7 heteroatoms. The van der Waals surface area contributed by atoms with Gasteiger partial charge < -0.3 is 20.7 Å². The van der Waals surface area contributed by atoms with Crippen molar-refractivity contribution in [3.05, 3.63) is 11.9 Å². The molecule has 1 aromatic heterocycles. The van der Waals surface area contributed by atoms with Gasteiger partial charge >= 0.3 is 0 Å². The van der Waals surface area contributed by atoms with Crippen molar-refractivity contribution in [1.82, 2.24) is 9.97 Å². The molecule has 1 amide bonds. The predicted octanol–water partition coefficient (Wildman–Crippen LogP) is 3.21. The number of primary amides is 1. The van der Waals surface area contributed by atoms with Crippen LogP contribution in [0.15, 0.2) is 6.20 Å². The molecule has 2 unspecified atom stereocenters. The second-order valence-corrected chi connectivity index (χ2v) is 7.26. The van der Waals surface area contributed by atoms with Gasteiger partial charge in [-0.3, -0.25) is 4.79 Å². The number of carbonyl (C=O) groups excluding carboxylic acids is 1. The Labute approximate surface area is 163 Å². The fourth-order valence-corrected chi connectivity index (χ4v) is 3.91. The van der Waals surface area contributed by atoms with Crippen molar-refractivity contribution in [1.29, 1.82) is 0 Å². The number of amides is 1. The summed E-state index contributed by atoms with van der Waals surface area (Å²) in [7, 11) is 2.07. The fraction of sp³-hybridized carbons (Fsp3) is 0.750. The highest BCUT2D eigenvalue weighted by atomic mass is 16.5. The van der Waals surface area contributed by atoms with E-state index in [9.17, 15) is 4.79 Å². The monoisotopic (exact) mass is 377 g/mol. The van der Waals surface area contributed by atoms with E-state index in [2.05, 4.69) is 29.2 Å².